The number of amides is 1. The summed E-state index contributed by atoms with van der Waals surface area (Å²) in [4.78, 5) is 13.4. The van der Waals surface area contributed by atoms with Crippen molar-refractivity contribution in [2.75, 3.05) is 13.1 Å². The van der Waals surface area contributed by atoms with E-state index >= 15 is 0 Å². The first kappa shape index (κ1) is 13.0. The fraction of sp³-hybridized carbons (Fsp3) is 0.636. The number of hydrogen-bond donors (Lipinski definition) is 2. The van der Waals surface area contributed by atoms with Gasteiger partial charge in [0.1, 0.15) is 0 Å². The second kappa shape index (κ2) is 5.47. The molecule has 1 aliphatic heterocycles. The van der Waals surface area contributed by atoms with Gasteiger partial charge in [-0.1, -0.05) is 5.16 Å². The van der Waals surface area contributed by atoms with Crippen LogP contribution in [0.2, 0.25) is 0 Å². The van der Waals surface area contributed by atoms with Crippen molar-refractivity contribution in [3.8, 4) is 0 Å². The number of aromatic nitrogens is 1. The van der Waals surface area contributed by atoms with Crippen LogP contribution in [0.4, 0.5) is 0 Å². The first-order valence-corrected chi connectivity index (χ1v) is 5.93. The van der Waals surface area contributed by atoms with E-state index in [0.29, 0.717) is 12.3 Å². The minimum Gasteiger partial charge on any atom is -0.373 e. The lowest BCUT2D eigenvalue weighted by Gasteiger charge is -2.34. The molecule has 3 N–H and O–H groups in total. The molecule has 2 unspecified atom stereocenters. The van der Waals surface area contributed by atoms with Gasteiger partial charge >= 0.3 is 0 Å². The molecule has 0 saturated carbocycles. The van der Waals surface area contributed by atoms with E-state index in [4.69, 9.17) is 15.1 Å². The van der Waals surface area contributed by atoms with E-state index in [0.717, 1.165) is 13.1 Å². The maximum Gasteiger partial charge on any atom is 0.287 e. The maximum atomic E-state index is 11.2. The fourth-order valence-electron chi connectivity index (χ4n) is 2.20. The molecule has 7 nitrogen and oxygen atoms in total. The van der Waals surface area contributed by atoms with Gasteiger partial charge in [0.05, 0.1) is 18.8 Å². The SMILES string of the molecule is CC1CN(Cc2cc(C(=O)NN)no2)CC(C)O1. The Morgan fingerprint density at radius 3 is 2.83 bits per heavy atom. The number of nitrogens with one attached hydrogen (secondary N) is 1. The van der Waals surface area contributed by atoms with Crippen molar-refractivity contribution in [3.63, 3.8) is 0 Å². The first-order valence-electron chi connectivity index (χ1n) is 5.93. The molecule has 18 heavy (non-hydrogen) atoms. The molecular formula is C11H18N4O3. The Labute approximate surface area is 105 Å². The van der Waals surface area contributed by atoms with Crippen LogP contribution < -0.4 is 11.3 Å². The topological polar surface area (TPSA) is 93.6 Å². The van der Waals surface area contributed by atoms with Crippen molar-refractivity contribution < 1.29 is 14.1 Å². The molecule has 1 aromatic heterocycles. The number of hydrazine groups is 1. The van der Waals surface area contributed by atoms with Crippen LogP contribution in [0, 0.1) is 0 Å². The van der Waals surface area contributed by atoms with Crippen LogP contribution in [0.15, 0.2) is 10.6 Å². The van der Waals surface area contributed by atoms with Gasteiger partial charge in [-0.2, -0.15) is 0 Å². The van der Waals surface area contributed by atoms with Crippen LogP contribution >= 0.6 is 0 Å². The highest BCUT2D eigenvalue weighted by molar-refractivity contribution is 5.91. The number of carbonyl (C=O) groups excluding carboxylic acids is 1. The van der Waals surface area contributed by atoms with Crippen LogP contribution in [0.5, 0.6) is 0 Å². The molecule has 2 rings (SSSR count). The Hall–Kier alpha value is -1.44. The average Bonchev–Trinajstić information content (AvgIpc) is 2.75. The van der Waals surface area contributed by atoms with Crippen LogP contribution in [0.3, 0.4) is 0 Å². The van der Waals surface area contributed by atoms with E-state index in [1.54, 1.807) is 6.07 Å². The Balaban J connectivity index is 1.96. The standard InChI is InChI=1S/C11H18N4O3/c1-7-4-15(5-8(2)17-7)6-9-3-10(14-18-9)11(16)13-12/h3,7-8H,4-6,12H2,1-2H3,(H,13,16). The third-order valence-electron chi connectivity index (χ3n) is 2.80. The van der Waals surface area contributed by atoms with Crippen molar-refractivity contribution in [1.29, 1.82) is 0 Å². The minimum absolute atomic E-state index is 0.196. The Kier molecular flexibility index (Phi) is 3.95. The minimum atomic E-state index is -0.450. The monoisotopic (exact) mass is 254 g/mol. The van der Waals surface area contributed by atoms with Gasteiger partial charge in [-0.25, -0.2) is 5.84 Å². The number of rotatable bonds is 3. The smallest absolute Gasteiger partial charge is 0.287 e. The molecule has 1 aromatic rings. The first-order chi connectivity index (χ1) is 8.58. The number of nitrogen functional groups attached to an aromatic ring is 1. The molecule has 0 aromatic carbocycles. The van der Waals surface area contributed by atoms with E-state index in [1.165, 1.54) is 0 Å². The summed E-state index contributed by atoms with van der Waals surface area (Å²) in [5.41, 5.74) is 2.21. The highest BCUT2D eigenvalue weighted by Crippen LogP contribution is 2.14. The summed E-state index contributed by atoms with van der Waals surface area (Å²) in [5, 5.41) is 3.67. The second-order valence-corrected chi connectivity index (χ2v) is 4.60. The molecule has 2 heterocycles. The molecule has 100 valence electrons. The Morgan fingerprint density at radius 1 is 1.56 bits per heavy atom. The number of hydrogen-bond acceptors (Lipinski definition) is 6. The van der Waals surface area contributed by atoms with Gasteiger partial charge in [-0.3, -0.25) is 15.1 Å². The zero-order valence-corrected chi connectivity index (χ0v) is 10.5. The lowest BCUT2D eigenvalue weighted by atomic mass is 10.2. The number of nitrogens with two attached hydrogens (primary N) is 1. The quantitative estimate of drug-likeness (QED) is 0.444. The molecule has 0 bridgehead atoms. The highest BCUT2D eigenvalue weighted by Gasteiger charge is 2.23. The summed E-state index contributed by atoms with van der Waals surface area (Å²) in [5.74, 6) is 5.22. The molecule has 1 amide bonds. The van der Waals surface area contributed by atoms with E-state index in [9.17, 15) is 4.79 Å². The van der Waals surface area contributed by atoms with Gasteiger partial charge in [0, 0.05) is 19.2 Å². The summed E-state index contributed by atoms with van der Waals surface area (Å²) >= 11 is 0. The molecule has 1 aliphatic rings. The Bertz CT molecular complexity index is 410. The van der Waals surface area contributed by atoms with Crippen molar-refractivity contribution in [2.45, 2.75) is 32.6 Å². The van der Waals surface area contributed by atoms with E-state index in [1.807, 2.05) is 19.3 Å². The third-order valence-corrected chi connectivity index (χ3v) is 2.80. The predicted molar refractivity (Wildman–Crippen MR) is 63.4 cm³/mol. The van der Waals surface area contributed by atoms with E-state index in [-0.39, 0.29) is 17.9 Å². The average molecular weight is 254 g/mol. The zero-order valence-electron chi connectivity index (χ0n) is 10.5. The summed E-state index contributed by atoms with van der Waals surface area (Å²) in [6.07, 6.45) is 0.395. The van der Waals surface area contributed by atoms with Gasteiger partial charge in [-0.05, 0) is 13.8 Å². The molecule has 1 fully saturated rings. The highest BCUT2D eigenvalue weighted by atomic mass is 16.5. The van der Waals surface area contributed by atoms with Crippen molar-refractivity contribution in [1.82, 2.24) is 15.5 Å². The molecule has 7 heteroatoms. The normalized spacial score (nSPS) is 25.1. The van der Waals surface area contributed by atoms with Crippen LogP contribution in [-0.2, 0) is 11.3 Å². The zero-order chi connectivity index (χ0) is 13.1. The lowest BCUT2D eigenvalue weighted by Crippen LogP contribution is -2.44. The molecular weight excluding hydrogens is 236 g/mol. The van der Waals surface area contributed by atoms with E-state index < -0.39 is 5.91 Å². The van der Waals surface area contributed by atoms with Gasteiger partial charge in [-0.15, -0.1) is 0 Å². The number of morpholine rings is 1. The molecule has 1 saturated heterocycles. The maximum absolute atomic E-state index is 11.2. The van der Waals surface area contributed by atoms with Gasteiger partial charge < -0.3 is 9.26 Å². The summed E-state index contributed by atoms with van der Waals surface area (Å²) in [7, 11) is 0. The molecule has 2 atom stereocenters. The fourth-order valence-corrected chi connectivity index (χ4v) is 2.20. The number of ether oxygens (including phenoxy) is 1. The third kappa shape index (κ3) is 3.06. The Morgan fingerprint density at radius 2 is 2.22 bits per heavy atom. The van der Waals surface area contributed by atoms with Gasteiger partial charge in [0.15, 0.2) is 11.5 Å². The number of nitrogens with zero attached hydrogens (tertiary/aromatic N) is 2. The van der Waals surface area contributed by atoms with Crippen LogP contribution in [0.1, 0.15) is 30.1 Å². The van der Waals surface area contributed by atoms with Gasteiger partial charge in [0.25, 0.3) is 5.91 Å². The largest absolute Gasteiger partial charge is 0.373 e. The van der Waals surface area contributed by atoms with Crippen LogP contribution in [-0.4, -0.2) is 41.3 Å². The number of carbonyl (C=O) groups is 1. The van der Waals surface area contributed by atoms with Gasteiger partial charge in [0.2, 0.25) is 0 Å². The summed E-state index contributed by atoms with van der Waals surface area (Å²) in [6, 6.07) is 1.60. The summed E-state index contributed by atoms with van der Waals surface area (Å²) < 4.78 is 10.8. The molecule has 0 aliphatic carbocycles. The van der Waals surface area contributed by atoms with Crippen LogP contribution in [0.25, 0.3) is 0 Å². The predicted octanol–water partition coefficient (Wildman–Crippen LogP) is -0.113. The van der Waals surface area contributed by atoms with Crippen molar-refractivity contribution in [2.24, 2.45) is 5.84 Å². The second-order valence-electron chi connectivity index (χ2n) is 4.60. The van der Waals surface area contributed by atoms with Crippen molar-refractivity contribution in [3.05, 3.63) is 17.5 Å². The summed E-state index contributed by atoms with van der Waals surface area (Å²) in [6.45, 7) is 6.36. The van der Waals surface area contributed by atoms with E-state index in [2.05, 4.69) is 10.1 Å². The lowest BCUT2D eigenvalue weighted by molar-refractivity contribution is -0.0721. The molecule has 0 radical (unpaired) electrons. The van der Waals surface area contributed by atoms with Crippen molar-refractivity contribution >= 4 is 5.91 Å². The molecule has 0 spiro atoms.